The van der Waals surface area contributed by atoms with Crippen LogP contribution in [0.4, 0.5) is 4.39 Å². The van der Waals surface area contributed by atoms with E-state index in [1.807, 2.05) is 31.2 Å². The lowest BCUT2D eigenvalue weighted by Gasteiger charge is -2.18. The summed E-state index contributed by atoms with van der Waals surface area (Å²) in [5.41, 5.74) is 1.90. The van der Waals surface area contributed by atoms with Crippen molar-refractivity contribution in [2.45, 2.75) is 17.9 Å². The van der Waals surface area contributed by atoms with Gasteiger partial charge in [-0.05, 0) is 36.2 Å². The van der Waals surface area contributed by atoms with Crippen LogP contribution in [-0.2, 0) is 14.8 Å². The van der Waals surface area contributed by atoms with Gasteiger partial charge in [-0.1, -0.05) is 35.9 Å². The fourth-order valence-corrected chi connectivity index (χ4v) is 3.48. The van der Waals surface area contributed by atoms with Gasteiger partial charge in [0, 0.05) is 13.7 Å². The number of aryl methyl sites for hydroxylation is 1. The van der Waals surface area contributed by atoms with Gasteiger partial charge in [-0.2, -0.15) is 0 Å². The van der Waals surface area contributed by atoms with Gasteiger partial charge in [0.25, 0.3) is 0 Å². The summed E-state index contributed by atoms with van der Waals surface area (Å²) in [7, 11) is -2.29. The lowest BCUT2D eigenvalue weighted by Crippen LogP contribution is -2.29. The van der Waals surface area contributed by atoms with Gasteiger partial charge in [0.15, 0.2) is 0 Å². The first kappa shape index (κ1) is 17.9. The van der Waals surface area contributed by atoms with Gasteiger partial charge >= 0.3 is 0 Å². The molecule has 2 rings (SSSR count). The molecule has 2 aromatic rings. The summed E-state index contributed by atoms with van der Waals surface area (Å²) in [6.45, 7) is 1.98. The fourth-order valence-electron chi connectivity index (χ4n) is 2.18. The molecule has 0 aliphatic carbocycles. The van der Waals surface area contributed by atoms with Gasteiger partial charge in [0.1, 0.15) is 5.82 Å². The quantitative estimate of drug-likeness (QED) is 0.861. The van der Waals surface area contributed by atoms with Crippen molar-refractivity contribution in [2.75, 3.05) is 13.7 Å². The lowest BCUT2D eigenvalue weighted by molar-refractivity contribution is 0.107. The van der Waals surface area contributed by atoms with Crippen LogP contribution in [0.25, 0.3) is 0 Å². The summed E-state index contributed by atoms with van der Waals surface area (Å²) in [6.07, 6.45) is -0.429. The Labute approximate surface area is 140 Å². The molecule has 1 N–H and O–H groups in total. The average molecular weight is 358 g/mol. The third-order valence-corrected chi connectivity index (χ3v) is 5.19. The van der Waals surface area contributed by atoms with E-state index in [0.29, 0.717) is 0 Å². The molecule has 4 nitrogen and oxygen atoms in total. The van der Waals surface area contributed by atoms with Gasteiger partial charge in [-0.3, -0.25) is 0 Å². The number of benzene rings is 2. The van der Waals surface area contributed by atoms with Gasteiger partial charge in [0.2, 0.25) is 10.0 Å². The van der Waals surface area contributed by atoms with Crippen molar-refractivity contribution in [3.63, 3.8) is 0 Å². The van der Waals surface area contributed by atoms with Crippen molar-refractivity contribution in [3.8, 4) is 0 Å². The van der Waals surface area contributed by atoms with Crippen molar-refractivity contribution in [3.05, 3.63) is 64.4 Å². The van der Waals surface area contributed by atoms with E-state index in [1.54, 1.807) is 0 Å². The van der Waals surface area contributed by atoms with Crippen LogP contribution in [0.1, 0.15) is 17.2 Å². The van der Waals surface area contributed by atoms with Crippen molar-refractivity contribution >= 4 is 21.6 Å². The molecule has 0 unspecified atom stereocenters. The molecule has 1 atom stereocenters. The minimum atomic E-state index is -3.81. The van der Waals surface area contributed by atoms with Crippen LogP contribution in [0.15, 0.2) is 47.4 Å². The maximum atomic E-state index is 13.2. The summed E-state index contributed by atoms with van der Waals surface area (Å²) >= 11 is 5.63. The van der Waals surface area contributed by atoms with Gasteiger partial charge in [-0.15, -0.1) is 0 Å². The van der Waals surface area contributed by atoms with Gasteiger partial charge in [-0.25, -0.2) is 17.5 Å². The molecule has 0 spiro atoms. The molecule has 0 aromatic heterocycles. The van der Waals surface area contributed by atoms with E-state index in [0.717, 1.165) is 23.3 Å². The van der Waals surface area contributed by atoms with E-state index in [1.165, 1.54) is 13.2 Å². The van der Waals surface area contributed by atoms with E-state index in [9.17, 15) is 12.8 Å². The van der Waals surface area contributed by atoms with Crippen LogP contribution in [-0.4, -0.2) is 22.1 Å². The molecule has 124 valence electrons. The molecule has 0 radical (unpaired) electrons. The number of nitrogens with one attached hydrogen (secondary N) is 1. The average Bonchev–Trinajstić information content (AvgIpc) is 2.52. The Morgan fingerprint density at radius 1 is 1.26 bits per heavy atom. The summed E-state index contributed by atoms with van der Waals surface area (Å²) in [6, 6.07) is 10.8. The molecule has 0 fully saturated rings. The molecule has 2 aromatic carbocycles. The first-order valence-electron chi connectivity index (χ1n) is 6.88. The maximum absolute atomic E-state index is 13.2. The zero-order valence-corrected chi connectivity index (χ0v) is 14.3. The van der Waals surface area contributed by atoms with Crippen LogP contribution in [0.2, 0.25) is 5.02 Å². The molecule has 0 saturated carbocycles. The van der Waals surface area contributed by atoms with E-state index in [2.05, 4.69) is 4.72 Å². The third kappa shape index (κ3) is 4.29. The number of rotatable bonds is 6. The molecular formula is C16H17ClFNO3S. The summed E-state index contributed by atoms with van der Waals surface area (Å²) in [4.78, 5) is -0.0939. The zero-order chi connectivity index (χ0) is 17.0. The van der Waals surface area contributed by atoms with Crippen molar-refractivity contribution in [2.24, 2.45) is 0 Å². The van der Waals surface area contributed by atoms with Crippen molar-refractivity contribution in [1.29, 1.82) is 0 Å². The minimum absolute atomic E-state index is 0.0542. The molecular weight excluding hydrogens is 341 g/mol. The lowest BCUT2D eigenvalue weighted by atomic mass is 10.0. The summed E-state index contributed by atoms with van der Waals surface area (Å²) in [5.74, 6) is -0.666. The predicted molar refractivity (Wildman–Crippen MR) is 87.5 cm³/mol. The first-order valence-corrected chi connectivity index (χ1v) is 8.74. The Kier molecular flexibility index (Phi) is 5.75. The molecule has 0 aliphatic heterocycles. The number of ether oxygens (including phenoxy) is 1. The monoisotopic (exact) mass is 357 g/mol. The third-order valence-electron chi connectivity index (χ3n) is 3.48. The largest absolute Gasteiger partial charge is 0.375 e. The Morgan fingerprint density at radius 2 is 1.96 bits per heavy atom. The zero-order valence-electron chi connectivity index (χ0n) is 12.7. The summed E-state index contributed by atoms with van der Waals surface area (Å²) in [5, 5.41) is -0.241. The Bertz CT molecular complexity index is 796. The highest BCUT2D eigenvalue weighted by Crippen LogP contribution is 2.22. The molecule has 0 heterocycles. The van der Waals surface area contributed by atoms with E-state index in [4.69, 9.17) is 16.3 Å². The van der Waals surface area contributed by atoms with Crippen LogP contribution < -0.4 is 4.72 Å². The smallest absolute Gasteiger partial charge is 0.240 e. The SMILES string of the molecule is CO[C@@H](CNS(=O)(=O)c1ccc(F)c(Cl)c1)c1ccccc1C. The fraction of sp³-hybridized carbons (Fsp3) is 0.250. The maximum Gasteiger partial charge on any atom is 0.240 e. The standard InChI is InChI=1S/C16H17ClFNO3S/c1-11-5-3-4-6-13(11)16(22-2)10-19-23(20,21)12-7-8-15(18)14(17)9-12/h3-9,16,19H,10H2,1-2H3/t16-/m0/s1. The van der Waals surface area contributed by atoms with E-state index >= 15 is 0 Å². The number of hydrogen-bond donors (Lipinski definition) is 1. The Morgan fingerprint density at radius 3 is 2.57 bits per heavy atom. The van der Waals surface area contributed by atoms with Crippen LogP contribution in [0, 0.1) is 12.7 Å². The van der Waals surface area contributed by atoms with Gasteiger partial charge < -0.3 is 4.74 Å². The van der Waals surface area contributed by atoms with E-state index in [-0.39, 0.29) is 16.5 Å². The summed E-state index contributed by atoms with van der Waals surface area (Å²) < 4.78 is 45.6. The van der Waals surface area contributed by atoms with Crippen LogP contribution in [0.5, 0.6) is 0 Å². The predicted octanol–water partition coefficient (Wildman–Crippen LogP) is 3.45. The molecule has 0 aliphatic rings. The van der Waals surface area contributed by atoms with Crippen LogP contribution >= 0.6 is 11.6 Å². The second-order valence-corrected chi connectivity index (χ2v) is 7.18. The molecule has 0 bridgehead atoms. The van der Waals surface area contributed by atoms with E-state index < -0.39 is 21.9 Å². The highest BCUT2D eigenvalue weighted by atomic mass is 35.5. The Hall–Kier alpha value is -1.47. The Balaban J connectivity index is 2.17. The molecule has 23 heavy (non-hydrogen) atoms. The van der Waals surface area contributed by atoms with Gasteiger partial charge in [0.05, 0.1) is 16.0 Å². The molecule has 7 heteroatoms. The highest BCUT2D eigenvalue weighted by molar-refractivity contribution is 7.89. The number of halogens is 2. The minimum Gasteiger partial charge on any atom is -0.375 e. The second-order valence-electron chi connectivity index (χ2n) is 5.01. The number of methoxy groups -OCH3 is 1. The highest BCUT2D eigenvalue weighted by Gasteiger charge is 2.19. The van der Waals surface area contributed by atoms with Crippen molar-refractivity contribution in [1.82, 2.24) is 4.72 Å². The normalized spacial score (nSPS) is 13.0. The molecule has 0 saturated heterocycles. The van der Waals surface area contributed by atoms with Crippen molar-refractivity contribution < 1.29 is 17.5 Å². The topological polar surface area (TPSA) is 55.4 Å². The first-order chi connectivity index (χ1) is 10.8. The number of hydrogen-bond acceptors (Lipinski definition) is 3. The second kappa shape index (κ2) is 7.40. The molecule has 0 amide bonds. The number of sulfonamides is 1. The van der Waals surface area contributed by atoms with Crippen LogP contribution in [0.3, 0.4) is 0 Å².